The van der Waals surface area contributed by atoms with Crippen molar-refractivity contribution in [2.24, 2.45) is 0 Å². The van der Waals surface area contributed by atoms with Crippen molar-refractivity contribution in [3.05, 3.63) is 24.3 Å². The number of hydrogen-bond donors (Lipinski definition) is 3. The van der Waals surface area contributed by atoms with Gasteiger partial charge in [0.1, 0.15) is 0 Å². The molecule has 90 valence electrons. The highest BCUT2D eigenvalue weighted by Crippen LogP contribution is 2.25. The largest absolute Gasteiger partial charge is 0.356 e. The summed E-state index contributed by atoms with van der Waals surface area (Å²) in [6.45, 7) is 0. The summed E-state index contributed by atoms with van der Waals surface area (Å²) in [4.78, 5) is 21.7. The normalized spacial score (nSPS) is 18.1. The first-order valence-corrected chi connectivity index (χ1v) is 5.70. The number of para-hydroxylation sites is 2. The molecule has 0 saturated heterocycles. The number of amides is 2. The van der Waals surface area contributed by atoms with E-state index in [4.69, 9.17) is 23.2 Å². The standard InChI is InChI=1S/C10H9Cl2N3O2/c11-7(12)9(16)15-8-10(17)14-6-4-2-1-3-5(6)13-8/h1-4,7-8,13H,(H,14,17)(H,15,16). The lowest BCUT2D eigenvalue weighted by Crippen LogP contribution is -2.52. The molecular weight excluding hydrogens is 265 g/mol. The quantitative estimate of drug-likeness (QED) is 0.712. The summed E-state index contributed by atoms with van der Waals surface area (Å²) in [5, 5.41) is 7.91. The molecule has 1 unspecified atom stereocenters. The minimum Gasteiger partial charge on any atom is -0.356 e. The molecule has 1 aromatic rings. The van der Waals surface area contributed by atoms with Gasteiger partial charge in [0.15, 0.2) is 11.0 Å². The van der Waals surface area contributed by atoms with Crippen molar-refractivity contribution in [3.8, 4) is 0 Å². The first-order chi connectivity index (χ1) is 8.08. The van der Waals surface area contributed by atoms with Gasteiger partial charge in [-0.05, 0) is 12.1 Å². The van der Waals surface area contributed by atoms with Crippen LogP contribution in [-0.2, 0) is 9.59 Å². The number of carbonyl (C=O) groups excluding carboxylic acids is 2. The van der Waals surface area contributed by atoms with Gasteiger partial charge < -0.3 is 16.0 Å². The summed E-state index contributed by atoms with van der Waals surface area (Å²) in [5.41, 5.74) is 1.38. The minimum absolute atomic E-state index is 0.369. The van der Waals surface area contributed by atoms with E-state index in [1.165, 1.54) is 0 Å². The van der Waals surface area contributed by atoms with E-state index < -0.39 is 16.9 Å². The number of fused-ring (bicyclic) bond motifs is 1. The molecule has 1 aliphatic rings. The molecule has 0 saturated carbocycles. The van der Waals surface area contributed by atoms with Crippen molar-refractivity contribution in [3.63, 3.8) is 0 Å². The number of benzene rings is 1. The Bertz CT molecular complexity index is 465. The fourth-order valence-electron chi connectivity index (χ4n) is 1.45. The van der Waals surface area contributed by atoms with Gasteiger partial charge in [0.05, 0.1) is 11.4 Å². The van der Waals surface area contributed by atoms with E-state index in [-0.39, 0.29) is 5.91 Å². The second-order valence-electron chi connectivity index (χ2n) is 3.42. The van der Waals surface area contributed by atoms with Crippen molar-refractivity contribution in [1.82, 2.24) is 5.32 Å². The van der Waals surface area contributed by atoms with E-state index in [9.17, 15) is 9.59 Å². The number of halogens is 2. The van der Waals surface area contributed by atoms with Gasteiger partial charge in [0.25, 0.3) is 11.8 Å². The number of hydrogen-bond acceptors (Lipinski definition) is 3. The maximum Gasteiger partial charge on any atom is 0.267 e. The van der Waals surface area contributed by atoms with Crippen LogP contribution in [0.3, 0.4) is 0 Å². The Hall–Kier alpha value is -1.46. The van der Waals surface area contributed by atoms with Crippen LogP contribution in [0.25, 0.3) is 0 Å². The van der Waals surface area contributed by atoms with Crippen LogP contribution >= 0.6 is 23.2 Å². The number of anilines is 2. The van der Waals surface area contributed by atoms with Gasteiger partial charge in [-0.25, -0.2) is 0 Å². The lowest BCUT2D eigenvalue weighted by molar-refractivity contribution is -0.125. The smallest absolute Gasteiger partial charge is 0.267 e. The average Bonchev–Trinajstić information content (AvgIpc) is 2.29. The lowest BCUT2D eigenvalue weighted by Gasteiger charge is -2.27. The highest BCUT2D eigenvalue weighted by atomic mass is 35.5. The van der Waals surface area contributed by atoms with Crippen molar-refractivity contribution >= 4 is 46.4 Å². The van der Waals surface area contributed by atoms with Gasteiger partial charge >= 0.3 is 0 Å². The second-order valence-corrected chi connectivity index (χ2v) is 4.52. The molecule has 1 aromatic carbocycles. The van der Waals surface area contributed by atoms with Crippen LogP contribution in [0.1, 0.15) is 0 Å². The van der Waals surface area contributed by atoms with Crippen LogP contribution < -0.4 is 16.0 Å². The van der Waals surface area contributed by atoms with E-state index in [0.717, 1.165) is 5.69 Å². The molecule has 1 aliphatic heterocycles. The molecule has 0 fully saturated rings. The molecule has 0 radical (unpaired) electrons. The van der Waals surface area contributed by atoms with Crippen LogP contribution in [-0.4, -0.2) is 22.8 Å². The fourth-order valence-corrected chi connectivity index (χ4v) is 1.58. The van der Waals surface area contributed by atoms with Crippen LogP contribution in [0.4, 0.5) is 11.4 Å². The van der Waals surface area contributed by atoms with Crippen LogP contribution in [0.2, 0.25) is 0 Å². The third-order valence-corrected chi connectivity index (χ3v) is 2.63. The first kappa shape index (κ1) is 12.0. The lowest BCUT2D eigenvalue weighted by atomic mass is 10.2. The molecule has 0 spiro atoms. The van der Waals surface area contributed by atoms with Crippen molar-refractivity contribution in [2.75, 3.05) is 10.6 Å². The van der Waals surface area contributed by atoms with Gasteiger partial charge in [-0.1, -0.05) is 35.3 Å². The zero-order chi connectivity index (χ0) is 12.4. The van der Waals surface area contributed by atoms with E-state index >= 15 is 0 Å². The Morgan fingerprint density at radius 1 is 1.29 bits per heavy atom. The maximum atomic E-state index is 11.6. The SMILES string of the molecule is O=C(NC1Nc2ccccc2NC1=O)C(Cl)Cl. The van der Waals surface area contributed by atoms with Crippen LogP contribution in [0, 0.1) is 0 Å². The number of nitrogens with one attached hydrogen (secondary N) is 3. The summed E-state index contributed by atoms with van der Waals surface area (Å²) < 4.78 is 0. The van der Waals surface area contributed by atoms with E-state index in [0.29, 0.717) is 5.69 Å². The molecule has 1 atom stereocenters. The Kier molecular flexibility index (Phi) is 3.40. The summed E-state index contributed by atoms with van der Waals surface area (Å²) in [6, 6.07) is 7.15. The molecule has 7 heteroatoms. The molecule has 0 bridgehead atoms. The number of carbonyl (C=O) groups is 2. The van der Waals surface area contributed by atoms with Gasteiger partial charge in [-0.15, -0.1) is 0 Å². The molecule has 17 heavy (non-hydrogen) atoms. The predicted octanol–water partition coefficient (Wildman–Crippen LogP) is 1.30. The third-order valence-electron chi connectivity index (χ3n) is 2.23. The number of alkyl halides is 2. The number of rotatable bonds is 2. The van der Waals surface area contributed by atoms with Crippen molar-refractivity contribution in [1.29, 1.82) is 0 Å². The maximum absolute atomic E-state index is 11.6. The van der Waals surface area contributed by atoms with Gasteiger partial charge in [0.2, 0.25) is 0 Å². The molecule has 2 amide bonds. The zero-order valence-corrected chi connectivity index (χ0v) is 10.0. The zero-order valence-electron chi connectivity index (χ0n) is 8.54. The molecule has 5 nitrogen and oxygen atoms in total. The first-order valence-electron chi connectivity index (χ1n) is 4.83. The summed E-state index contributed by atoms with van der Waals surface area (Å²) in [5.74, 6) is -0.994. The topological polar surface area (TPSA) is 70.2 Å². The fraction of sp³-hybridized carbons (Fsp3) is 0.200. The molecule has 3 N–H and O–H groups in total. The summed E-state index contributed by atoms with van der Waals surface area (Å²) in [6.07, 6.45) is -0.877. The Morgan fingerprint density at radius 2 is 1.94 bits per heavy atom. The molecule has 0 aromatic heterocycles. The van der Waals surface area contributed by atoms with Gasteiger partial charge in [-0.2, -0.15) is 0 Å². The van der Waals surface area contributed by atoms with E-state index in [2.05, 4.69) is 16.0 Å². The monoisotopic (exact) mass is 273 g/mol. The minimum atomic E-state index is -1.21. The Balaban J connectivity index is 2.13. The van der Waals surface area contributed by atoms with Crippen LogP contribution in [0.15, 0.2) is 24.3 Å². The van der Waals surface area contributed by atoms with E-state index in [1.54, 1.807) is 18.2 Å². The molecule has 2 rings (SSSR count). The second kappa shape index (κ2) is 4.81. The van der Waals surface area contributed by atoms with Crippen LogP contribution in [0.5, 0.6) is 0 Å². The molecule has 0 aliphatic carbocycles. The van der Waals surface area contributed by atoms with Gasteiger partial charge in [0, 0.05) is 0 Å². The van der Waals surface area contributed by atoms with Crippen molar-refractivity contribution < 1.29 is 9.59 Å². The molecular formula is C10H9Cl2N3O2. The third kappa shape index (κ3) is 2.62. The van der Waals surface area contributed by atoms with Gasteiger partial charge in [-0.3, -0.25) is 9.59 Å². The summed E-state index contributed by atoms with van der Waals surface area (Å²) >= 11 is 10.8. The average molecular weight is 274 g/mol. The Labute approximate surface area is 107 Å². The van der Waals surface area contributed by atoms with E-state index in [1.807, 2.05) is 6.07 Å². The Morgan fingerprint density at radius 3 is 2.59 bits per heavy atom. The predicted molar refractivity (Wildman–Crippen MR) is 66.1 cm³/mol. The summed E-state index contributed by atoms with van der Waals surface area (Å²) in [7, 11) is 0. The molecule has 1 heterocycles. The van der Waals surface area contributed by atoms with Crippen molar-refractivity contribution in [2.45, 2.75) is 11.0 Å². The highest BCUT2D eigenvalue weighted by Gasteiger charge is 2.27. The highest BCUT2D eigenvalue weighted by molar-refractivity contribution is 6.53.